The molecule has 1 saturated carbocycles. The van der Waals surface area contributed by atoms with E-state index in [1.807, 2.05) is 0 Å². The molecular formula is C20H29ClI2N2O. The van der Waals surface area contributed by atoms with Crippen LogP contribution in [0.2, 0.25) is 0 Å². The van der Waals surface area contributed by atoms with Gasteiger partial charge < -0.3 is 5.11 Å². The van der Waals surface area contributed by atoms with Crippen molar-refractivity contribution in [2.24, 2.45) is 5.92 Å². The predicted octanol–water partition coefficient (Wildman–Crippen LogP) is 5.25. The van der Waals surface area contributed by atoms with E-state index < -0.39 is 0 Å². The molecule has 0 amide bonds. The Bertz CT molecular complexity index is 624. The average Bonchev–Trinajstić information content (AvgIpc) is 3.08. The largest absolute Gasteiger partial charge is 0.507 e. The van der Waals surface area contributed by atoms with Crippen molar-refractivity contribution in [1.82, 2.24) is 9.80 Å². The lowest BCUT2D eigenvalue weighted by molar-refractivity contribution is -0.00414. The van der Waals surface area contributed by atoms with Crippen molar-refractivity contribution < 1.29 is 5.11 Å². The third-order valence-electron chi connectivity index (χ3n) is 6.52. The van der Waals surface area contributed by atoms with Crippen LogP contribution in [0.1, 0.15) is 50.5 Å². The van der Waals surface area contributed by atoms with Crippen LogP contribution in [0.25, 0.3) is 0 Å². The Labute approximate surface area is 191 Å². The second-order valence-corrected chi connectivity index (χ2v) is 10.4. The molecule has 0 radical (unpaired) electrons. The molecule has 1 aromatic carbocycles. The van der Waals surface area contributed by atoms with E-state index in [2.05, 4.69) is 67.1 Å². The highest BCUT2D eigenvalue weighted by molar-refractivity contribution is 14.1. The summed E-state index contributed by atoms with van der Waals surface area (Å²) in [6.45, 7) is 4.56. The molecule has 0 bridgehead atoms. The summed E-state index contributed by atoms with van der Waals surface area (Å²) in [5, 5.41) is 10.6. The average molecular weight is 603 g/mol. The first-order valence-electron chi connectivity index (χ1n) is 9.78. The minimum atomic E-state index is 0. The summed E-state index contributed by atoms with van der Waals surface area (Å²) in [6.07, 6.45) is 9.79. The number of rotatable bonds is 3. The van der Waals surface area contributed by atoms with E-state index in [9.17, 15) is 5.11 Å². The smallest absolute Gasteiger partial charge is 0.133 e. The van der Waals surface area contributed by atoms with Gasteiger partial charge in [-0.3, -0.25) is 9.80 Å². The van der Waals surface area contributed by atoms with Gasteiger partial charge in [0.05, 0.1) is 3.57 Å². The predicted molar refractivity (Wildman–Crippen MR) is 126 cm³/mol. The third kappa shape index (κ3) is 4.47. The lowest BCUT2D eigenvalue weighted by Crippen LogP contribution is -2.59. The molecule has 3 fully saturated rings. The molecule has 4 rings (SSSR count). The Hall–Kier alpha value is 0.690. The number of phenols is 1. The van der Waals surface area contributed by atoms with Gasteiger partial charge in [-0.05, 0) is 95.5 Å². The molecule has 0 spiro atoms. The molecule has 1 aliphatic carbocycles. The summed E-state index contributed by atoms with van der Waals surface area (Å²) in [6, 6.07) is 5.68. The molecule has 1 aromatic rings. The number of benzene rings is 1. The summed E-state index contributed by atoms with van der Waals surface area (Å²) in [7, 11) is 0. The van der Waals surface area contributed by atoms with Crippen molar-refractivity contribution in [1.29, 1.82) is 0 Å². The van der Waals surface area contributed by atoms with Gasteiger partial charge in [-0.2, -0.15) is 0 Å². The molecule has 2 heterocycles. The van der Waals surface area contributed by atoms with Crippen LogP contribution in [0.5, 0.6) is 5.75 Å². The Morgan fingerprint density at radius 2 is 1.73 bits per heavy atom. The van der Waals surface area contributed by atoms with Crippen molar-refractivity contribution in [3.8, 4) is 5.75 Å². The Kier molecular flexibility index (Phi) is 7.79. The molecule has 1 N–H and O–H groups in total. The van der Waals surface area contributed by atoms with Crippen LogP contribution >= 0.6 is 57.6 Å². The molecular weight excluding hydrogens is 573 g/mol. The normalized spacial score (nSPS) is 27.9. The van der Waals surface area contributed by atoms with Gasteiger partial charge in [0.25, 0.3) is 0 Å². The SMILES string of the molecule is Cl.Oc1c(I)cc(I)cc1CN1CCN2CCCC2C1C1CCCCC1. The van der Waals surface area contributed by atoms with E-state index in [1.54, 1.807) is 0 Å². The number of phenolic OH excluding ortho intramolecular Hbond substituents is 1. The summed E-state index contributed by atoms with van der Waals surface area (Å²) < 4.78 is 2.21. The van der Waals surface area contributed by atoms with Gasteiger partial charge in [0, 0.05) is 40.9 Å². The minimum absolute atomic E-state index is 0. The van der Waals surface area contributed by atoms with Crippen LogP contribution in [0.3, 0.4) is 0 Å². The number of aromatic hydroxyl groups is 1. The van der Waals surface area contributed by atoms with Crippen LogP contribution in [0.4, 0.5) is 0 Å². The zero-order chi connectivity index (χ0) is 17.4. The molecule has 6 heteroatoms. The van der Waals surface area contributed by atoms with E-state index >= 15 is 0 Å². The number of fused-ring (bicyclic) bond motifs is 1. The van der Waals surface area contributed by atoms with E-state index in [0.717, 1.165) is 34.2 Å². The number of nitrogens with zero attached hydrogens (tertiary/aromatic N) is 2. The molecule has 3 nitrogen and oxygen atoms in total. The number of hydrogen-bond donors (Lipinski definition) is 1. The Morgan fingerprint density at radius 1 is 0.962 bits per heavy atom. The molecule has 2 aliphatic heterocycles. The lowest BCUT2D eigenvalue weighted by atomic mass is 9.78. The summed E-state index contributed by atoms with van der Waals surface area (Å²) in [5.41, 5.74) is 1.11. The monoisotopic (exact) mass is 602 g/mol. The summed E-state index contributed by atoms with van der Waals surface area (Å²) in [5.74, 6) is 1.35. The molecule has 0 aromatic heterocycles. The number of hydrogen-bond acceptors (Lipinski definition) is 3. The first kappa shape index (κ1) is 21.4. The fourth-order valence-electron chi connectivity index (χ4n) is 5.40. The van der Waals surface area contributed by atoms with E-state index in [-0.39, 0.29) is 12.4 Å². The van der Waals surface area contributed by atoms with Crippen molar-refractivity contribution in [3.05, 3.63) is 24.8 Å². The highest BCUT2D eigenvalue weighted by Crippen LogP contribution is 2.39. The van der Waals surface area contributed by atoms with Crippen LogP contribution in [0, 0.1) is 13.1 Å². The second kappa shape index (κ2) is 9.46. The molecule has 3 aliphatic rings. The fraction of sp³-hybridized carbons (Fsp3) is 0.700. The number of piperazine rings is 1. The van der Waals surface area contributed by atoms with Crippen molar-refractivity contribution in [2.75, 3.05) is 19.6 Å². The summed E-state index contributed by atoms with van der Waals surface area (Å²) in [4.78, 5) is 5.48. The second-order valence-electron chi connectivity index (χ2n) is 8.00. The molecule has 2 unspecified atom stereocenters. The maximum absolute atomic E-state index is 10.6. The van der Waals surface area contributed by atoms with Gasteiger partial charge in [-0.25, -0.2) is 0 Å². The Balaban J connectivity index is 0.00000196. The maximum Gasteiger partial charge on any atom is 0.133 e. The van der Waals surface area contributed by atoms with Gasteiger partial charge in [-0.1, -0.05) is 19.3 Å². The fourth-order valence-corrected chi connectivity index (χ4v) is 7.36. The van der Waals surface area contributed by atoms with Gasteiger partial charge in [0.15, 0.2) is 0 Å². The summed E-state index contributed by atoms with van der Waals surface area (Å²) >= 11 is 4.63. The van der Waals surface area contributed by atoms with Crippen LogP contribution in [0.15, 0.2) is 12.1 Å². The van der Waals surface area contributed by atoms with Crippen molar-refractivity contribution in [3.63, 3.8) is 0 Å². The minimum Gasteiger partial charge on any atom is -0.507 e. The quantitative estimate of drug-likeness (QED) is 0.479. The molecule has 2 saturated heterocycles. The molecule has 2 atom stereocenters. The lowest BCUT2D eigenvalue weighted by Gasteiger charge is -2.49. The van der Waals surface area contributed by atoms with Crippen molar-refractivity contribution in [2.45, 2.75) is 63.6 Å². The Morgan fingerprint density at radius 3 is 2.50 bits per heavy atom. The highest BCUT2D eigenvalue weighted by atomic mass is 127. The molecule has 146 valence electrons. The van der Waals surface area contributed by atoms with E-state index in [4.69, 9.17) is 0 Å². The van der Waals surface area contributed by atoms with Crippen LogP contribution in [-0.2, 0) is 6.54 Å². The molecule has 26 heavy (non-hydrogen) atoms. The van der Waals surface area contributed by atoms with Crippen LogP contribution in [-0.4, -0.2) is 46.6 Å². The zero-order valence-corrected chi connectivity index (χ0v) is 20.3. The van der Waals surface area contributed by atoms with Crippen molar-refractivity contribution >= 4 is 57.6 Å². The van der Waals surface area contributed by atoms with Gasteiger partial charge >= 0.3 is 0 Å². The number of halogens is 3. The standard InChI is InChI=1S/C20H28I2N2O.ClH/c21-16-11-15(20(25)17(22)12-16)13-24-10-9-23-8-4-7-18(23)19(24)14-5-2-1-3-6-14;/h11-12,14,18-19,25H,1-10,13H2;1H. The maximum atomic E-state index is 10.6. The third-order valence-corrected chi connectivity index (χ3v) is 7.96. The van der Waals surface area contributed by atoms with Gasteiger partial charge in [0.2, 0.25) is 0 Å². The first-order chi connectivity index (χ1) is 12.1. The van der Waals surface area contributed by atoms with E-state index in [1.165, 1.54) is 61.6 Å². The van der Waals surface area contributed by atoms with Gasteiger partial charge in [-0.15, -0.1) is 12.4 Å². The van der Waals surface area contributed by atoms with Gasteiger partial charge in [0.1, 0.15) is 5.75 Å². The van der Waals surface area contributed by atoms with Crippen LogP contribution < -0.4 is 0 Å². The van der Waals surface area contributed by atoms with E-state index in [0.29, 0.717) is 11.8 Å². The zero-order valence-electron chi connectivity index (χ0n) is 15.2. The highest BCUT2D eigenvalue weighted by Gasteiger charge is 2.43. The topological polar surface area (TPSA) is 26.7 Å². The first-order valence-corrected chi connectivity index (χ1v) is 11.9.